The van der Waals surface area contributed by atoms with E-state index in [4.69, 9.17) is 11.6 Å². The number of hydrogen-bond donors (Lipinski definition) is 1. The minimum atomic E-state index is -0.0748. The molecule has 0 aliphatic carbocycles. The van der Waals surface area contributed by atoms with Crippen molar-refractivity contribution in [3.63, 3.8) is 0 Å². The van der Waals surface area contributed by atoms with Crippen LogP contribution in [0.4, 0.5) is 0 Å². The summed E-state index contributed by atoms with van der Waals surface area (Å²) in [4.78, 5) is 19.4. The van der Waals surface area contributed by atoms with Crippen molar-refractivity contribution in [1.29, 1.82) is 0 Å². The van der Waals surface area contributed by atoms with Crippen molar-refractivity contribution in [3.05, 3.63) is 45.5 Å². The van der Waals surface area contributed by atoms with Gasteiger partial charge in [-0.1, -0.05) is 18.5 Å². The van der Waals surface area contributed by atoms with E-state index in [9.17, 15) is 4.79 Å². The molecule has 1 aliphatic heterocycles. The predicted molar refractivity (Wildman–Crippen MR) is 100 cm³/mol. The summed E-state index contributed by atoms with van der Waals surface area (Å²) in [6, 6.07) is 5.76. The molecule has 0 atom stereocenters. The van der Waals surface area contributed by atoms with Crippen molar-refractivity contribution in [3.8, 4) is 0 Å². The van der Waals surface area contributed by atoms with Crippen molar-refractivity contribution in [2.24, 2.45) is 0 Å². The fraction of sp³-hybridized carbons (Fsp3) is 0.529. The van der Waals surface area contributed by atoms with Crippen LogP contribution in [-0.4, -0.2) is 40.0 Å². The van der Waals surface area contributed by atoms with Crippen LogP contribution in [0.2, 0.25) is 5.02 Å². The smallest absolute Gasteiger partial charge is 0.258 e. The first-order valence-corrected chi connectivity index (χ1v) is 8.68. The molecule has 0 aromatic carbocycles. The maximum Gasteiger partial charge on any atom is 0.258 e. The fourth-order valence-electron chi connectivity index (χ4n) is 3.26. The fourth-order valence-corrected chi connectivity index (χ4v) is 3.43. The highest BCUT2D eigenvalue weighted by atomic mass is 35.5. The predicted octanol–water partition coefficient (Wildman–Crippen LogP) is 2.73. The van der Waals surface area contributed by atoms with E-state index in [-0.39, 0.29) is 18.0 Å². The van der Waals surface area contributed by atoms with Crippen LogP contribution in [0.15, 0.2) is 29.2 Å². The minimum Gasteiger partial charge on any atom is -0.317 e. The van der Waals surface area contributed by atoms with Crippen LogP contribution >= 0.6 is 24.0 Å². The summed E-state index contributed by atoms with van der Waals surface area (Å²) >= 11 is 5.96. The lowest BCUT2D eigenvalue weighted by Gasteiger charge is -2.34. The third-order valence-electron chi connectivity index (χ3n) is 4.38. The number of piperidine rings is 1. The number of nitrogens with one attached hydrogen (secondary N) is 1. The highest BCUT2D eigenvalue weighted by molar-refractivity contribution is 6.30. The van der Waals surface area contributed by atoms with Gasteiger partial charge in [0.1, 0.15) is 5.65 Å². The van der Waals surface area contributed by atoms with Crippen LogP contribution in [0, 0.1) is 0 Å². The molecule has 1 saturated heterocycles. The zero-order valence-corrected chi connectivity index (χ0v) is 15.4. The summed E-state index contributed by atoms with van der Waals surface area (Å²) in [6.07, 6.45) is 5.03. The van der Waals surface area contributed by atoms with Crippen LogP contribution < -0.4 is 10.9 Å². The first-order valence-electron chi connectivity index (χ1n) is 8.30. The normalized spacial score (nSPS) is 15.6. The van der Waals surface area contributed by atoms with E-state index in [1.165, 1.54) is 4.40 Å². The van der Waals surface area contributed by atoms with Crippen molar-refractivity contribution in [1.82, 2.24) is 19.6 Å². The lowest BCUT2D eigenvalue weighted by Crippen LogP contribution is -2.43. The van der Waals surface area contributed by atoms with Crippen molar-refractivity contribution < 1.29 is 0 Å². The number of hydrogen-bond acceptors (Lipinski definition) is 4. The molecule has 0 radical (unpaired) electrons. The van der Waals surface area contributed by atoms with Crippen LogP contribution in [0.5, 0.6) is 0 Å². The summed E-state index contributed by atoms with van der Waals surface area (Å²) in [5.41, 5.74) is 1.41. The highest BCUT2D eigenvalue weighted by Gasteiger charge is 2.21. The van der Waals surface area contributed by atoms with Gasteiger partial charge >= 0.3 is 0 Å². The molecule has 0 bridgehead atoms. The van der Waals surface area contributed by atoms with Crippen molar-refractivity contribution in [2.75, 3.05) is 19.6 Å². The molecule has 1 fully saturated rings. The quantitative estimate of drug-likeness (QED) is 0.878. The third kappa shape index (κ3) is 4.48. The second-order valence-electron chi connectivity index (χ2n) is 6.11. The monoisotopic (exact) mass is 370 g/mol. The Morgan fingerprint density at radius 2 is 2.12 bits per heavy atom. The number of halogens is 2. The Bertz CT molecular complexity index is 728. The average molecular weight is 371 g/mol. The Labute approximate surface area is 153 Å². The molecule has 5 nitrogen and oxygen atoms in total. The Kier molecular flexibility index (Phi) is 7.04. The maximum absolute atomic E-state index is 12.3. The van der Waals surface area contributed by atoms with Gasteiger partial charge in [0.25, 0.3) is 5.56 Å². The van der Waals surface area contributed by atoms with Gasteiger partial charge in [0.2, 0.25) is 0 Å². The molecule has 132 valence electrons. The zero-order chi connectivity index (χ0) is 16.2. The molecule has 0 saturated carbocycles. The van der Waals surface area contributed by atoms with E-state index in [2.05, 4.69) is 22.1 Å². The number of aromatic nitrogens is 2. The number of rotatable bonds is 5. The van der Waals surface area contributed by atoms with Crippen LogP contribution in [0.3, 0.4) is 0 Å². The first-order chi connectivity index (χ1) is 11.2. The molecule has 1 aliphatic rings. The second-order valence-corrected chi connectivity index (χ2v) is 6.55. The Hall–Kier alpha value is -1.14. The molecule has 2 aromatic heterocycles. The van der Waals surface area contributed by atoms with Gasteiger partial charge in [0.15, 0.2) is 0 Å². The minimum absolute atomic E-state index is 0. The lowest BCUT2D eigenvalue weighted by atomic mass is 10.0. The zero-order valence-electron chi connectivity index (χ0n) is 13.9. The van der Waals surface area contributed by atoms with Gasteiger partial charge < -0.3 is 5.32 Å². The number of nitrogens with zero attached hydrogens (tertiary/aromatic N) is 3. The molecule has 0 unspecified atom stereocenters. The molecular formula is C17H24Cl2N4O. The van der Waals surface area contributed by atoms with Crippen molar-refractivity contribution >= 4 is 29.7 Å². The van der Waals surface area contributed by atoms with E-state index < -0.39 is 0 Å². The molecule has 3 rings (SSSR count). The SMILES string of the molecule is CCCN(Cc1cc(=O)n2cc(Cl)ccc2n1)C1CCNCC1.Cl. The molecule has 0 amide bonds. The molecule has 7 heteroatoms. The van der Waals surface area contributed by atoms with Crippen LogP contribution in [0.25, 0.3) is 5.65 Å². The molecular weight excluding hydrogens is 347 g/mol. The van der Waals surface area contributed by atoms with Gasteiger partial charge in [-0.3, -0.25) is 14.1 Å². The second kappa shape index (κ2) is 8.81. The van der Waals surface area contributed by atoms with Gasteiger partial charge in [0, 0.05) is 24.8 Å². The summed E-state index contributed by atoms with van der Waals surface area (Å²) in [5, 5.41) is 3.94. The van der Waals surface area contributed by atoms with Gasteiger partial charge in [-0.25, -0.2) is 4.98 Å². The summed E-state index contributed by atoms with van der Waals surface area (Å²) in [6.45, 7) is 6.09. The molecule has 2 aromatic rings. The van der Waals surface area contributed by atoms with E-state index in [1.807, 2.05) is 0 Å². The van der Waals surface area contributed by atoms with Gasteiger partial charge in [-0.15, -0.1) is 12.4 Å². The summed E-state index contributed by atoms with van der Waals surface area (Å²) < 4.78 is 1.50. The van der Waals surface area contributed by atoms with E-state index >= 15 is 0 Å². The van der Waals surface area contributed by atoms with E-state index in [0.29, 0.717) is 16.7 Å². The molecule has 1 N–H and O–H groups in total. The topological polar surface area (TPSA) is 49.6 Å². The molecule has 0 spiro atoms. The van der Waals surface area contributed by atoms with Gasteiger partial charge in [0.05, 0.1) is 10.7 Å². The average Bonchev–Trinajstić information content (AvgIpc) is 2.56. The van der Waals surface area contributed by atoms with Gasteiger partial charge in [-0.2, -0.15) is 0 Å². The third-order valence-corrected chi connectivity index (χ3v) is 4.60. The lowest BCUT2D eigenvalue weighted by molar-refractivity contribution is 0.152. The van der Waals surface area contributed by atoms with Crippen LogP contribution in [-0.2, 0) is 6.54 Å². The van der Waals surface area contributed by atoms with Crippen LogP contribution in [0.1, 0.15) is 31.9 Å². The van der Waals surface area contributed by atoms with Crippen molar-refractivity contribution in [2.45, 2.75) is 38.8 Å². The number of fused-ring (bicyclic) bond motifs is 1. The van der Waals surface area contributed by atoms with Gasteiger partial charge in [-0.05, 0) is 51.0 Å². The Morgan fingerprint density at radius 1 is 1.38 bits per heavy atom. The summed E-state index contributed by atoms with van der Waals surface area (Å²) in [7, 11) is 0. The standard InChI is InChI=1S/C17H23ClN4O.ClH/c1-2-9-21(15-5-7-19-8-6-15)12-14-10-17(23)22-11-13(18)3-4-16(22)20-14;/h3-4,10-11,15,19H,2,5-9,12H2,1H3;1H. The van der Waals surface area contributed by atoms with E-state index in [0.717, 1.165) is 51.1 Å². The molecule has 3 heterocycles. The summed E-state index contributed by atoms with van der Waals surface area (Å²) in [5.74, 6) is 0. The Morgan fingerprint density at radius 3 is 2.83 bits per heavy atom. The number of pyridine rings is 1. The molecule has 24 heavy (non-hydrogen) atoms. The largest absolute Gasteiger partial charge is 0.317 e. The highest BCUT2D eigenvalue weighted by Crippen LogP contribution is 2.16. The Balaban J connectivity index is 0.00000208. The maximum atomic E-state index is 12.3. The first kappa shape index (κ1) is 19.2. The van der Waals surface area contributed by atoms with E-state index in [1.54, 1.807) is 24.4 Å².